The number of aromatic nitrogens is 5. The van der Waals surface area contributed by atoms with Gasteiger partial charge < -0.3 is 19.4 Å². The van der Waals surface area contributed by atoms with Crippen molar-refractivity contribution in [3.05, 3.63) is 118 Å². The number of ether oxygens (including phenoxy) is 2. The summed E-state index contributed by atoms with van der Waals surface area (Å²) in [6.07, 6.45) is 3.80. The molecule has 2 aliphatic rings. The summed E-state index contributed by atoms with van der Waals surface area (Å²) in [6, 6.07) is 20.4. The number of pyridine rings is 1. The lowest BCUT2D eigenvalue weighted by Crippen LogP contribution is -2.48. The van der Waals surface area contributed by atoms with Gasteiger partial charge in [0.1, 0.15) is 18.2 Å². The van der Waals surface area contributed by atoms with E-state index in [0.717, 1.165) is 42.0 Å². The molecule has 10 nitrogen and oxygen atoms in total. The van der Waals surface area contributed by atoms with Crippen LogP contribution in [-0.4, -0.2) is 70.7 Å². The van der Waals surface area contributed by atoms with Crippen molar-refractivity contribution >= 4 is 60.9 Å². The molecule has 0 aliphatic carbocycles. The van der Waals surface area contributed by atoms with E-state index >= 15 is 0 Å². The number of amides is 1. The molecule has 8 rings (SSSR count). The maximum atomic E-state index is 14.2. The van der Waals surface area contributed by atoms with Crippen LogP contribution in [0, 0.1) is 11.8 Å². The predicted molar refractivity (Wildman–Crippen MR) is 191 cm³/mol. The van der Waals surface area contributed by atoms with Crippen LogP contribution in [0.5, 0.6) is 5.88 Å². The number of nitrogens with one attached hydrogen (secondary N) is 2. The highest BCUT2D eigenvalue weighted by Gasteiger charge is 2.35. The lowest BCUT2D eigenvalue weighted by atomic mass is 10.0. The zero-order valence-electron chi connectivity index (χ0n) is 27.3. The summed E-state index contributed by atoms with van der Waals surface area (Å²) in [5.41, 5.74) is 5.28. The average Bonchev–Trinajstić information content (AvgIpc) is 3.65. The molecule has 3 aromatic carbocycles. The summed E-state index contributed by atoms with van der Waals surface area (Å²) in [5, 5.41) is 9.22. The van der Waals surface area contributed by atoms with Crippen LogP contribution < -0.4 is 10.1 Å². The van der Waals surface area contributed by atoms with Gasteiger partial charge >= 0.3 is 0 Å². The van der Waals surface area contributed by atoms with Crippen molar-refractivity contribution in [2.45, 2.75) is 37.8 Å². The fourth-order valence-corrected chi connectivity index (χ4v) is 6.88. The number of carbonyl (C=O) groups is 1. The van der Waals surface area contributed by atoms with Crippen molar-refractivity contribution in [3.8, 4) is 5.88 Å². The Hall–Kier alpha value is -4.95. The second-order valence-electron chi connectivity index (χ2n) is 12.7. The van der Waals surface area contributed by atoms with Crippen molar-refractivity contribution in [3.63, 3.8) is 0 Å². The molecule has 3 aromatic heterocycles. The van der Waals surface area contributed by atoms with Gasteiger partial charge in [-0.1, -0.05) is 29.8 Å². The van der Waals surface area contributed by atoms with Crippen molar-refractivity contribution in [2.75, 3.05) is 25.0 Å². The Labute approximate surface area is 299 Å². The number of aromatic amines is 1. The largest absolute Gasteiger partial charge is 0.473 e. The van der Waals surface area contributed by atoms with Crippen LogP contribution >= 0.6 is 11.6 Å². The Morgan fingerprint density at radius 1 is 1.08 bits per heavy atom. The van der Waals surface area contributed by atoms with E-state index in [9.17, 15) is 13.6 Å². The third kappa shape index (κ3) is 7.02. The van der Waals surface area contributed by atoms with Gasteiger partial charge in [0.15, 0.2) is 0 Å². The number of H-pyrrole nitrogens is 1. The number of nitrogens with zero attached hydrogens (tertiary/aromatic N) is 5. The van der Waals surface area contributed by atoms with E-state index in [-0.39, 0.29) is 12.5 Å². The number of fused-ring (bicyclic) bond motifs is 2. The first-order chi connectivity index (χ1) is 24.7. The van der Waals surface area contributed by atoms with E-state index in [2.05, 4.69) is 46.3 Å². The summed E-state index contributed by atoms with van der Waals surface area (Å²) in [5.74, 6) is -0.0263. The van der Waals surface area contributed by atoms with Crippen LogP contribution in [-0.2, 0) is 24.4 Å². The fraction of sp³-hybridized carbons (Fsp3) is 0.243. The van der Waals surface area contributed by atoms with Crippen LogP contribution in [0.1, 0.15) is 40.3 Å². The number of anilines is 1. The smallest absolute Gasteiger partial charge is 0.255 e. The first-order valence-corrected chi connectivity index (χ1v) is 17.4. The summed E-state index contributed by atoms with van der Waals surface area (Å²) in [4.78, 5) is 25.3. The Morgan fingerprint density at radius 3 is 2.75 bits per heavy atom. The Balaban J connectivity index is 0.979. The molecule has 2 N–H and O–H groups in total. The molecule has 1 saturated heterocycles. The molecule has 3 radical (unpaired) electrons. The van der Waals surface area contributed by atoms with Gasteiger partial charge in [0.05, 0.1) is 49.6 Å². The summed E-state index contributed by atoms with van der Waals surface area (Å²) < 4.78 is 42.1. The van der Waals surface area contributed by atoms with Gasteiger partial charge in [-0.15, -0.1) is 0 Å². The Morgan fingerprint density at radius 2 is 1.96 bits per heavy atom. The van der Waals surface area contributed by atoms with Crippen molar-refractivity contribution in [1.82, 2.24) is 29.6 Å². The molecule has 257 valence electrons. The van der Waals surface area contributed by atoms with Gasteiger partial charge in [0, 0.05) is 54.1 Å². The second-order valence-corrected chi connectivity index (χ2v) is 14.1. The predicted octanol–water partition coefficient (Wildman–Crippen LogP) is 6.64. The highest BCUT2D eigenvalue weighted by atomic mass is 35.5. The summed E-state index contributed by atoms with van der Waals surface area (Å²) in [6.45, 7) is 3.34. The maximum absolute atomic E-state index is 14.2. The number of halogens is 3. The third-order valence-electron chi connectivity index (χ3n) is 9.25. The van der Waals surface area contributed by atoms with Gasteiger partial charge in [0.25, 0.3) is 5.91 Å². The summed E-state index contributed by atoms with van der Waals surface area (Å²) >= 11 is 5.87. The number of imidazole rings is 1. The van der Waals surface area contributed by atoms with Crippen LogP contribution in [0.3, 0.4) is 0 Å². The number of benzene rings is 3. The van der Waals surface area contributed by atoms with E-state index < -0.39 is 17.0 Å². The number of rotatable bonds is 10. The molecule has 2 aliphatic heterocycles. The number of hydrogen-bond donors (Lipinski definition) is 2. The first-order valence-electron chi connectivity index (χ1n) is 16.5. The van der Waals surface area contributed by atoms with Crippen LogP contribution in [0.4, 0.5) is 14.5 Å². The standard InChI is InChI=1S/C37H31ClF2N7O3Si/c38-25-6-4-24(28(39)17-25)20-49-34-3-1-2-29(43-34)22-10-13-46(14-11-22)19-33-42-31-16-23(5-9-32(31)47(33)21-37(51)12-15-50-37)36(48)41-26-7-8-30-27(18-26)35(40)45-44-30/h1-10,16-18H,11-15,19-21H2,(H,41,48)(H,44,45). The molecule has 14 heteroatoms. The van der Waals surface area contributed by atoms with Crippen molar-refractivity contribution in [1.29, 1.82) is 0 Å². The maximum Gasteiger partial charge on any atom is 0.255 e. The minimum absolute atomic E-state index is 0.0452. The number of carbonyl (C=O) groups excluding carboxylic acids is 1. The zero-order valence-corrected chi connectivity index (χ0v) is 29.0. The molecule has 1 atom stereocenters. The van der Waals surface area contributed by atoms with Crippen LogP contribution in [0.2, 0.25) is 5.02 Å². The van der Waals surface area contributed by atoms with Gasteiger partial charge in [-0.2, -0.15) is 9.49 Å². The van der Waals surface area contributed by atoms with Crippen molar-refractivity contribution < 1.29 is 23.0 Å². The zero-order chi connectivity index (χ0) is 35.1. The van der Waals surface area contributed by atoms with Gasteiger partial charge in [-0.25, -0.2) is 14.4 Å². The average molecular weight is 723 g/mol. The monoisotopic (exact) mass is 722 g/mol. The third-order valence-corrected chi connectivity index (χ3v) is 10.0. The van der Waals surface area contributed by atoms with Gasteiger partial charge in [-0.3, -0.25) is 14.8 Å². The number of hydrogen-bond acceptors (Lipinski definition) is 7. The molecule has 5 heterocycles. The van der Waals surface area contributed by atoms with Crippen LogP contribution in [0.15, 0.2) is 78.9 Å². The van der Waals surface area contributed by atoms with Crippen LogP contribution in [0.25, 0.3) is 27.5 Å². The van der Waals surface area contributed by atoms with Gasteiger partial charge in [0.2, 0.25) is 11.8 Å². The molecule has 51 heavy (non-hydrogen) atoms. The second kappa shape index (κ2) is 13.6. The summed E-state index contributed by atoms with van der Waals surface area (Å²) in [7, 11) is 3.83. The highest BCUT2D eigenvalue weighted by molar-refractivity contribution is 6.30. The molecular formula is C37H31ClF2N7O3Si. The minimum Gasteiger partial charge on any atom is -0.473 e. The normalized spacial score (nSPS) is 17.8. The molecular weight excluding hydrogens is 692 g/mol. The Kier molecular flexibility index (Phi) is 8.88. The van der Waals surface area contributed by atoms with E-state index in [0.29, 0.717) is 70.4 Å². The lowest BCUT2D eigenvalue weighted by molar-refractivity contribution is -0.0947. The quantitative estimate of drug-likeness (QED) is 0.153. The molecule has 0 saturated carbocycles. The van der Waals surface area contributed by atoms with Gasteiger partial charge in [-0.05, 0) is 73.0 Å². The van der Waals surface area contributed by atoms with E-state index in [4.69, 9.17) is 26.1 Å². The lowest BCUT2D eigenvalue weighted by Gasteiger charge is -2.39. The van der Waals surface area contributed by atoms with E-state index in [1.54, 1.807) is 48.5 Å². The van der Waals surface area contributed by atoms with Crippen molar-refractivity contribution in [2.24, 2.45) is 0 Å². The molecule has 1 unspecified atom stereocenters. The molecule has 0 spiro atoms. The molecule has 1 amide bonds. The highest BCUT2D eigenvalue weighted by Crippen LogP contribution is 2.30. The SMILES string of the molecule is O=C(Nc1ccc2n[nH]c(F)c2c1)c1ccc2c(c1)nc(CN1CC=C(c3cccc(OCc4ccc(Cl)cc4F)n3)CC1)n2CC1([Si])CCO1. The van der Waals surface area contributed by atoms with E-state index in [1.807, 2.05) is 18.2 Å². The fourth-order valence-electron chi connectivity index (χ4n) is 6.36. The Bertz CT molecular complexity index is 2320. The van der Waals surface area contributed by atoms with E-state index in [1.165, 1.54) is 6.07 Å². The topological polar surface area (TPSA) is 110 Å². The molecule has 6 aromatic rings. The first kappa shape index (κ1) is 33.2. The minimum atomic E-state index is -0.554. The molecule has 0 bridgehead atoms. The molecule has 1 fully saturated rings.